The molecule has 0 aliphatic carbocycles. The summed E-state index contributed by atoms with van der Waals surface area (Å²) in [6.45, 7) is 7.39. The van der Waals surface area contributed by atoms with Crippen molar-refractivity contribution in [2.24, 2.45) is 0 Å². The monoisotopic (exact) mass is 677 g/mol. The first-order chi connectivity index (χ1) is 21.0. The van der Waals surface area contributed by atoms with Crippen LogP contribution < -0.4 is 19.8 Å². The van der Waals surface area contributed by atoms with Crippen LogP contribution in [0.25, 0.3) is 0 Å². The molecule has 6 rings (SSSR count). The van der Waals surface area contributed by atoms with Gasteiger partial charge in [0.1, 0.15) is 0 Å². The molecule has 0 spiro atoms. The third-order valence-electron chi connectivity index (χ3n) is 8.86. The number of hydrogen-bond acceptors (Lipinski definition) is 4. The fraction of sp³-hybridized carbons (Fsp3) is 0.333. The minimum Gasteiger partial charge on any atom is -0.454 e. The summed E-state index contributed by atoms with van der Waals surface area (Å²) in [6.07, 6.45) is 0.630. The summed E-state index contributed by atoms with van der Waals surface area (Å²) in [4.78, 5) is 1.93. The molecule has 0 bridgehead atoms. The van der Waals surface area contributed by atoms with Crippen LogP contribution in [0.5, 0.6) is 11.5 Å². The van der Waals surface area contributed by atoms with Crippen LogP contribution in [0.4, 0.5) is 8.78 Å². The van der Waals surface area contributed by atoms with Crippen LogP contribution >= 0.6 is 15.9 Å². The maximum Gasteiger partial charge on any atom is 0.282 e. The lowest BCUT2D eigenvalue weighted by Gasteiger charge is -2.45. The van der Waals surface area contributed by atoms with E-state index >= 15 is 8.78 Å². The Labute approximate surface area is 268 Å². The average Bonchev–Trinajstić information content (AvgIpc) is 3.45. The number of fused-ring (bicyclic) bond motifs is 2. The van der Waals surface area contributed by atoms with E-state index in [9.17, 15) is 0 Å². The van der Waals surface area contributed by atoms with Gasteiger partial charge in [0.05, 0.1) is 19.2 Å². The number of benzene rings is 4. The maximum absolute atomic E-state index is 16.5. The van der Waals surface area contributed by atoms with E-state index in [1.807, 2.05) is 109 Å². The molecule has 4 aromatic carbocycles. The van der Waals surface area contributed by atoms with E-state index in [-0.39, 0.29) is 18.9 Å². The Morgan fingerprint density at radius 2 is 1.43 bits per heavy atom. The zero-order valence-electron chi connectivity index (χ0n) is 25.5. The molecule has 0 saturated heterocycles. The van der Waals surface area contributed by atoms with Crippen molar-refractivity contribution in [3.05, 3.63) is 118 Å². The smallest absolute Gasteiger partial charge is 0.282 e. The van der Waals surface area contributed by atoms with Gasteiger partial charge in [-0.3, -0.25) is 4.90 Å². The Morgan fingerprint density at radius 3 is 2.00 bits per heavy atom. The van der Waals surface area contributed by atoms with Gasteiger partial charge >= 0.3 is 0 Å². The molecular weight excluding hydrogens is 640 g/mol. The van der Waals surface area contributed by atoms with E-state index in [1.54, 1.807) is 0 Å². The molecule has 0 amide bonds. The van der Waals surface area contributed by atoms with Crippen LogP contribution in [-0.2, 0) is 10.8 Å². The second kappa shape index (κ2) is 12.0. The molecule has 8 heteroatoms. The summed E-state index contributed by atoms with van der Waals surface area (Å²) < 4.78 is 52.0. The van der Waals surface area contributed by atoms with Crippen molar-refractivity contribution in [1.29, 1.82) is 0 Å². The summed E-state index contributed by atoms with van der Waals surface area (Å²) in [5.74, 6) is -1.76. The molecule has 2 atom stereocenters. The van der Waals surface area contributed by atoms with Crippen molar-refractivity contribution in [3.63, 3.8) is 0 Å². The van der Waals surface area contributed by atoms with Crippen molar-refractivity contribution >= 4 is 34.6 Å². The maximum atomic E-state index is 16.5. The fourth-order valence-corrected chi connectivity index (χ4v) is 11.7. The van der Waals surface area contributed by atoms with Crippen LogP contribution in [0.2, 0.25) is 5.04 Å². The van der Waals surface area contributed by atoms with Crippen molar-refractivity contribution in [2.45, 2.75) is 57.2 Å². The first-order valence-electron chi connectivity index (χ1n) is 15.0. The van der Waals surface area contributed by atoms with Crippen molar-refractivity contribution in [1.82, 2.24) is 4.90 Å². The Bertz CT molecular complexity index is 1560. The van der Waals surface area contributed by atoms with E-state index in [0.29, 0.717) is 17.9 Å². The third kappa shape index (κ3) is 5.85. The van der Waals surface area contributed by atoms with Crippen LogP contribution in [-0.4, -0.2) is 45.1 Å². The first kappa shape index (κ1) is 31.0. The molecule has 0 radical (unpaired) electrons. The first-order valence-corrected chi connectivity index (χ1v) is 17.8. The Kier molecular flexibility index (Phi) is 8.47. The Morgan fingerprint density at radius 1 is 0.864 bits per heavy atom. The molecule has 0 fully saturated rings. The Hall–Kier alpha value is -3.04. The van der Waals surface area contributed by atoms with Crippen molar-refractivity contribution in [3.8, 4) is 11.5 Å². The molecule has 44 heavy (non-hydrogen) atoms. The molecular formula is C36H38BrF2NO3Si. The Balaban J connectivity index is 1.36. The molecule has 4 nitrogen and oxygen atoms in total. The third-order valence-corrected chi connectivity index (χ3v) is 14.4. The average molecular weight is 679 g/mol. The number of ether oxygens (including phenoxy) is 2. The number of nitrogens with zero attached hydrogens (tertiary/aromatic N) is 1. The van der Waals surface area contributed by atoms with Crippen molar-refractivity contribution in [2.75, 3.05) is 19.9 Å². The predicted octanol–water partition coefficient (Wildman–Crippen LogP) is 7.73. The highest BCUT2D eigenvalue weighted by molar-refractivity contribution is 9.10. The predicted molar refractivity (Wildman–Crippen MR) is 177 cm³/mol. The normalized spacial score (nSPS) is 18.7. The van der Waals surface area contributed by atoms with Crippen LogP contribution in [0.1, 0.15) is 50.4 Å². The van der Waals surface area contributed by atoms with Gasteiger partial charge in [0, 0.05) is 10.5 Å². The summed E-state index contributed by atoms with van der Waals surface area (Å²) >= 11 is 3.53. The molecule has 2 heterocycles. The molecule has 0 N–H and O–H groups in total. The number of halogens is 3. The van der Waals surface area contributed by atoms with Gasteiger partial charge in [0.2, 0.25) is 6.79 Å². The minimum absolute atomic E-state index is 0.143. The molecule has 0 unspecified atom stereocenters. The standard InChI is InChI=1S/C36H38BrF2NO3Si/c1-25-19-27-20-32-33(42-24-41-32)21-31(27)34(26-15-17-28(37)18-16-26)40(25)22-36(38,39)23-43-44(35(2,3)4,29-11-7-5-8-12-29)30-13-9-6-10-14-30/h5-18,20-21,25,34H,19,22-24H2,1-4H3/t25-,34-/m1/s1. The van der Waals surface area contributed by atoms with Crippen LogP contribution in [0.3, 0.4) is 0 Å². The summed E-state index contributed by atoms with van der Waals surface area (Å²) in [5, 5.41) is 1.57. The van der Waals surface area contributed by atoms with Gasteiger partial charge in [-0.2, -0.15) is 0 Å². The largest absolute Gasteiger partial charge is 0.454 e. The van der Waals surface area contributed by atoms with E-state index in [4.69, 9.17) is 13.9 Å². The summed E-state index contributed by atoms with van der Waals surface area (Å²) in [6, 6.07) is 31.3. The lowest BCUT2D eigenvalue weighted by molar-refractivity contribution is -0.0818. The summed E-state index contributed by atoms with van der Waals surface area (Å²) in [7, 11) is -3.13. The second-order valence-corrected chi connectivity index (χ2v) is 18.1. The van der Waals surface area contributed by atoms with Crippen LogP contribution in [0, 0.1) is 0 Å². The summed E-state index contributed by atoms with van der Waals surface area (Å²) in [5.41, 5.74) is 3.01. The van der Waals surface area contributed by atoms with Gasteiger partial charge in [-0.1, -0.05) is 109 Å². The molecule has 2 aliphatic heterocycles. The highest BCUT2D eigenvalue weighted by Crippen LogP contribution is 2.45. The van der Waals surface area contributed by atoms with E-state index < -0.39 is 32.4 Å². The SMILES string of the molecule is C[C@@H]1Cc2cc3c(cc2[C@@H](c2ccc(Br)cc2)N1CC(F)(F)CO[Si](c1ccccc1)(c1ccccc1)C(C)(C)C)OCO3. The number of alkyl halides is 2. The zero-order valence-corrected chi connectivity index (χ0v) is 28.1. The minimum atomic E-state index is -3.13. The van der Waals surface area contributed by atoms with Gasteiger partial charge in [-0.05, 0) is 69.7 Å². The van der Waals surface area contributed by atoms with Crippen molar-refractivity contribution < 1.29 is 22.7 Å². The van der Waals surface area contributed by atoms with E-state index in [1.165, 1.54) is 0 Å². The number of rotatable bonds is 8. The highest BCUT2D eigenvalue weighted by Gasteiger charge is 2.52. The zero-order chi connectivity index (χ0) is 31.1. The molecule has 230 valence electrons. The molecule has 0 aromatic heterocycles. The van der Waals surface area contributed by atoms with E-state index in [0.717, 1.165) is 31.5 Å². The van der Waals surface area contributed by atoms with E-state index in [2.05, 4.69) is 36.7 Å². The van der Waals surface area contributed by atoms with Gasteiger partial charge in [0.25, 0.3) is 14.2 Å². The second-order valence-electron chi connectivity index (χ2n) is 12.9. The lowest BCUT2D eigenvalue weighted by atomic mass is 9.84. The topological polar surface area (TPSA) is 30.9 Å². The van der Waals surface area contributed by atoms with Gasteiger partial charge < -0.3 is 13.9 Å². The van der Waals surface area contributed by atoms with Gasteiger partial charge in [-0.25, -0.2) is 8.78 Å². The molecule has 0 saturated carbocycles. The quantitative estimate of drug-likeness (QED) is 0.179. The fourth-order valence-electron chi connectivity index (χ4n) is 6.85. The van der Waals surface area contributed by atoms with Crippen LogP contribution in [0.15, 0.2) is 102 Å². The number of hydrogen-bond donors (Lipinski definition) is 0. The van der Waals surface area contributed by atoms with Gasteiger partial charge in [-0.15, -0.1) is 0 Å². The molecule has 4 aromatic rings. The lowest BCUT2D eigenvalue weighted by Crippen LogP contribution is -2.67. The van der Waals surface area contributed by atoms with Gasteiger partial charge in [0.15, 0.2) is 11.5 Å². The highest BCUT2D eigenvalue weighted by atomic mass is 79.9. The molecule has 2 aliphatic rings.